The molecule has 0 aromatic carbocycles. The van der Waals surface area contributed by atoms with Gasteiger partial charge in [-0.2, -0.15) is 5.10 Å². The van der Waals surface area contributed by atoms with Gasteiger partial charge < -0.3 is 9.64 Å². The molecule has 1 fully saturated rings. The molecule has 19 heavy (non-hydrogen) atoms. The molecule has 1 aromatic heterocycles. The molecular weight excluding hydrogens is 266 g/mol. The molecule has 0 bridgehead atoms. The first-order valence-electron chi connectivity index (χ1n) is 6.21. The Morgan fingerprint density at radius 1 is 1.68 bits per heavy atom. The number of halogens is 1. The Morgan fingerprint density at radius 3 is 3.05 bits per heavy atom. The number of methoxy groups -OCH3 is 1. The maximum Gasteiger partial charge on any atom is 0.269 e. The van der Waals surface area contributed by atoms with Gasteiger partial charge in [0.15, 0.2) is 0 Å². The van der Waals surface area contributed by atoms with Crippen LogP contribution in [0.25, 0.3) is 0 Å². The third-order valence-electron chi connectivity index (χ3n) is 3.26. The first-order chi connectivity index (χ1) is 9.13. The standard InChI is InChI=1S/C13H18ClN3O2/c1-10(6-14)8-17-13(18)5-11(7-15-17)16-4-3-12(9-16)19-2/h5,7,12H,1,3-4,6,8-9H2,2H3. The van der Waals surface area contributed by atoms with Crippen molar-refractivity contribution in [2.75, 3.05) is 31.0 Å². The summed E-state index contributed by atoms with van der Waals surface area (Å²) in [4.78, 5) is 14.1. The van der Waals surface area contributed by atoms with Crippen LogP contribution in [0.2, 0.25) is 0 Å². The van der Waals surface area contributed by atoms with Gasteiger partial charge in [0.2, 0.25) is 0 Å². The second-order valence-electron chi connectivity index (χ2n) is 4.69. The average Bonchev–Trinajstić information content (AvgIpc) is 2.89. The predicted molar refractivity (Wildman–Crippen MR) is 76.0 cm³/mol. The van der Waals surface area contributed by atoms with Crippen molar-refractivity contribution < 1.29 is 4.74 Å². The second kappa shape index (κ2) is 6.21. The highest BCUT2D eigenvalue weighted by molar-refractivity contribution is 6.19. The summed E-state index contributed by atoms with van der Waals surface area (Å²) < 4.78 is 6.69. The zero-order valence-electron chi connectivity index (χ0n) is 11.0. The molecule has 1 aliphatic rings. The number of aromatic nitrogens is 2. The topological polar surface area (TPSA) is 47.4 Å². The minimum Gasteiger partial charge on any atom is -0.380 e. The van der Waals surface area contributed by atoms with Crippen molar-refractivity contribution in [1.82, 2.24) is 9.78 Å². The molecule has 2 rings (SSSR count). The Hall–Kier alpha value is -1.33. The van der Waals surface area contributed by atoms with E-state index >= 15 is 0 Å². The molecule has 0 radical (unpaired) electrons. The third kappa shape index (κ3) is 3.36. The number of hydrogen-bond acceptors (Lipinski definition) is 4. The Balaban J connectivity index is 2.11. The van der Waals surface area contributed by atoms with Crippen molar-refractivity contribution in [3.63, 3.8) is 0 Å². The van der Waals surface area contributed by atoms with Gasteiger partial charge in [-0.05, 0) is 12.0 Å². The highest BCUT2D eigenvalue weighted by Crippen LogP contribution is 2.19. The van der Waals surface area contributed by atoms with Gasteiger partial charge in [0, 0.05) is 32.1 Å². The number of ether oxygens (including phenoxy) is 1. The van der Waals surface area contributed by atoms with Crippen molar-refractivity contribution in [2.24, 2.45) is 0 Å². The van der Waals surface area contributed by atoms with Crippen LogP contribution >= 0.6 is 11.6 Å². The predicted octanol–water partition coefficient (Wildman–Crippen LogP) is 1.26. The molecule has 104 valence electrons. The molecule has 1 aliphatic heterocycles. The van der Waals surface area contributed by atoms with E-state index in [0.717, 1.165) is 30.8 Å². The van der Waals surface area contributed by atoms with Gasteiger partial charge in [-0.15, -0.1) is 11.6 Å². The Bertz CT molecular complexity index is 515. The fraction of sp³-hybridized carbons (Fsp3) is 0.538. The fourth-order valence-corrected chi connectivity index (χ4v) is 2.21. The third-order valence-corrected chi connectivity index (χ3v) is 3.64. The van der Waals surface area contributed by atoms with E-state index in [1.165, 1.54) is 4.68 Å². The van der Waals surface area contributed by atoms with Gasteiger partial charge in [0.05, 0.1) is 24.5 Å². The first-order valence-corrected chi connectivity index (χ1v) is 6.75. The smallest absolute Gasteiger partial charge is 0.269 e. The summed E-state index contributed by atoms with van der Waals surface area (Å²) in [6.07, 6.45) is 2.92. The zero-order valence-corrected chi connectivity index (χ0v) is 11.8. The maximum atomic E-state index is 12.0. The van der Waals surface area contributed by atoms with Crippen LogP contribution in [0.3, 0.4) is 0 Å². The number of alkyl halides is 1. The van der Waals surface area contributed by atoms with Gasteiger partial charge >= 0.3 is 0 Å². The summed E-state index contributed by atoms with van der Waals surface area (Å²) in [7, 11) is 1.71. The second-order valence-corrected chi connectivity index (χ2v) is 4.95. The van der Waals surface area contributed by atoms with Gasteiger partial charge in [-0.1, -0.05) is 6.58 Å². The van der Waals surface area contributed by atoms with E-state index in [-0.39, 0.29) is 11.7 Å². The van der Waals surface area contributed by atoms with Crippen LogP contribution in [-0.2, 0) is 11.3 Å². The number of anilines is 1. The normalized spacial score (nSPS) is 18.8. The molecule has 0 N–H and O–H groups in total. The van der Waals surface area contributed by atoms with Gasteiger partial charge in [0.1, 0.15) is 0 Å². The molecule has 1 saturated heterocycles. The van der Waals surface area contributed by atoms with Crippen LogP contribution in [0.4, 0.5) is 5.69 Å². The SMILES string of the molecule is C=C(CCl)Cn1ncc(N2CCC(OC)C2)cc1=O. The minimum absolute atomic E-state index is 0.135. The molecule has 0 saturated carbocycles. The van der Waals surface area contributed by atoms with Crippen LogP contribution in [0.15, 0.2) is 29.2 Å². The first kappa shape index (κ1) is 14.1. The molecule has 0 aliphatic carbocycles. The van der Waals surface area contributed by atoms with E-state index in [1.807, 2.05) is 0 Å². The Kier molecular flexibility index (Phi) is 4.61. The van der Waals surface area contributed by atoms with Gasteiger partial charge in [-0.25, -0.2) is 4.68 Å². The maximum absolute atomic E-state index is 12.0. The quantitative estimate of drug-likeness (QED) is 0.603. The van der Waals surface area contributed by atoms with Crippen LogP contribution in [0.1, 0.15) is 6.42 Å². The van der Waals surface area contributed by atoms with Crippen molar-refractivity contribution in [3.05, 3.63) is 34.8 Å². The van der Waals surface area contributed by atoms with Crippen molar-refractivity contribution in [1.29, 1.82) is 0 Å². The highest BCUT2D eigenvalue weighted by Gasteiger charge is 2.22. The molecule has 1 unspecified atom stereocenters. The van der Waals surface area contributed by atoms with Gasteiger partial charge in [0.25, 0.3) is 5.56 Å². The lowest BCUT2D eigenvalue weighted by molar-refractivity contribution is 0.121. The molecule has 2 heterocycles. The van der Waals surface area contributed by atoms with Crippen molar-refractivity contribution in [3.8, 4) is 0 Å². The summed E-state index contributed by atoms with van der Waals surface area (Å²) in [5.74, 6) is 0.331. The molecule has 0 amide bonds. The van der Waals surface area contributed by atoms with E-state index in [2.05, 4.69) is 16.6 Å². The highest BCUT2D eigenvalue weighted by atomic mass is 35.5. The molecular formula is C13H18ClN3O2. The lowest BCUT2D eigenvalue weighted by Crippen LogP contribution is -2.28. The van der Waals surface area contributed by atoms with Crippen LogP contribution in [0.5, 0.6) is 0 Å². The number of allylic oxidation sites excluding steroid dienone is 1. The molecule has 1 aromatic rings. The average molecular weight is 284 g/mol. The van der Waals surface area contributed by atoms with E-state index in [4.69, 9.17) is 16.3 Å². The summed E-state index contributed by atoms with van der Waals surface area (Å²) in [5, 5.41) is 4.16. The molecule has 1 atom stereocenters. The summed E-state index contributed by atoms with van der Waals surface area (Å²) in [6, 6.07) is 1.60. The largest absolute Gasteiger partial charge is 0.380 e. The van der Waals surface area contributed by atoms with Crippen LogP contribution in [0, 0.1) is 0 Å². The Morgan fingerprint density at radius 2 is 2.47 bits per heavy atom. The summed E-state index contributed by atoms with van der Waals surface area (Å²) in [6.45, 7) is 5.82. The molecule has 0 spiro atoms. The van der Waals surface area contributed by atoms with Crippen molar-refractivity contribution >= 4 is 17.3 Å². The van der Waals surface area contributed by atoms with E-state index in [0.29, 0.717) is 12.4 Å². The zero-order chi connectivity index (χ0) is 13.8. The van der Waals surface area contributed by atoms with E-state index in [1.54, 1.807) is 19.4 Å². The lowest BCUT2D eigenvalue weighted by atomic mass is 10.3. The van der Waals surface area contributed by atoms with E-state index < -0.39 is 0 Å². The lowest BCUT2D eigenvalue weighted by Gasteiger charge is -2.18. The minimum atomic E-state index is -0.135. The fourth-order valence-electron chi connectivity index (χ4n) is 2.12. The number of hydrogen-bond donors (Lipinski definition) is 0. The van der Waals surface area contributed by atoms with E-state index in [9.17, 15) is 4.79 Å². The Labute approximate surface area is 117 Å². The van der Waals surface area contributed by atoms with Crippen LogP contribution < -0.4 is 10.5 Å². The van der Waals surface area contributed by atoms with Gasteiger partial charge in [-0.3, -0.25) is 4.79 Å². The monoisotopic (exact) mass is 283 g/mol. The van der Waals surface area contributed by atoms with Crippen molar-refractivity contribution in [2.45, 2.75) is 19.1 Å². The van der Waals surface area contributed by atoms with Crippen LogP contribution in [-0.4, -0.2) is 42.0 Å². The number of nitrogens with zero attached hydrogens (tertiary/aromatic N) is 3. The molecule has 5 nitrogen and oxygen atoms in total. The summed E-state index contributed by atoms with van der Waals surface area (Å²) in [5.41, 5.74) is 1.48. The molecule has 6 heteroatoms. The number of rotatable bonds is 5. The summed E-state index contributed by atoms with van der Waals surface area (Å²) >= 11 is 5.66.